The molecule has 4 bridgehead atoms. The lowest BCUT2D eigenvalue weighted by molar-refractivity contribution is -0.0901. The Hall–Kier alpha value is -1.73. The number of nitrogens with zero attached hydrogens (tertiary/aromatic N) is 5. The van der Waals surface area contributed by atoms with E-state index >= 15 is 0 Å². The van der Waals surface area contributed by atoms with Crippen molar-refractivity contribution in [3.63, 3.8) is 0 Å². The van der Waals surface area contributed by atoms with Crippen LogP contribution >= 0.6 is 0 Å². The molecule has 2 unspecified atom stereocenters. The highest BCUT2D eigenvalue weighted by Crippen LogP contribution is 2.60. The monoisotopic (exact) mass is 396 g/mol. The molecular weight excluding hydrogens is 364 g/mol. The van der Waals surface area contributed by atoms with E-state index < -0.39 is 0 Å². The van der Waals surface area contributed by atoms with Crippen molar-refractivity contribution in [3.05, 3.63) is 30.0 Å². The molecule has 1 saturated heterocycles. The molecule has 1 aliphatic heterocycles. The second-order valence-electron chi connectivity index (χ2n) is 10.4. The van der Waals surface area contributed by atoms with Gasteiger partial charge in [-0.25, -0.2) is 0 Å². The highest BCUT2D eigenvalue weighted by atomic mass is 16.3. The van der Waals surface area contributed by atoms with Crippen LogP contribution in [0.2, 0.25) is 0 Å². The lowest BCUT2D eigenvalue weighted by Crippen LogP contribution is -2.67. The van der Waals surface area contributed by atoms with Gasteiger partial charge in [0.1, 0.15) is 5.76 Å². The molecule has 29 heavy (non-hydrogen) atoms. The van der Waals surface area contributed by atoms with Gasteiger partial charge in [-0.2, -0.15) is 4.80 Å². The van der Waals surface area contributed by atoms with Crippen LogP contribution in [-0.2, 0) is 12.1 Å². The summed E-state index contributed by atoms with van der Waals surface area (Å²) in [6, 6.07) is 4.69. The smallest absolute Gasteiger partial charge is 0.171 e. The zero-order valence-corrected chi connectivity index (χ0v) is 17.4. The topological polar surface area (TPSA) is 72.0 Å². The fraction of sp³-hybridized carbons (Fsp3) is 0.773. The van der Waals surface area contributed by atoms with Crippen LogP contribution in [0.4, 0.5) is 0 Å². The summed E-state index contributed by atoms with van der Waals surface area (Å²) in [6.45, 7) is 5.19. The molecule has 7 heteroatoms. The van der Waals surface area contributed by atoms with E-state index in [1.807, 2.05) is 17.8 Å². The van der Waals surface area contributed by atoms with Gasteiger partial charge in [-0.3, -0.25) is 4.90 Å². The van der Waals surface area contributed by atoms with Gasteiger partial charge in [-0.05, 0) is 87.5 Å². The van der Waals surface area contributed by atoms with E-state index in [4.69, 9.17) is 4.42 Å². The first-order chi connectivity index (χ1) is 14.1. The Morgan fingerprint density at radius 1 is 1.17 bits per heavy atom. The van der Waals surface area contributed by atoms with E-state index in [0.717, 1.165) is 43.1 Å². The number of aromatic nitrogens is 4. The molecule has 2 aromatic heterocycles. The van der Waals surface area contributed by atoms with Crippen LogP contribution in [0.25, 0.3) is 0 Å². The number of nitrogens with one attached hydrogen (secondary N) is 1. The Balaban J connectivity index is 1.15. The number of piperidine rings is 1. The average molecular weight is 397 g/mol. The van der Waals surface area contributed by atoms with E-state index in [1.54, 1.807) is 6.26 Å². The van der Waals surface area contributed by atoms with Crippen LogP contribution < -0.4 is 5.32 Å². The molecule has 156 valence electrons. The number of aryl methyl sites for hydroxylation is 1. The van der Waals surface area contributed by atoms with Crippen LogP contribution in [0.1, 0.15) is 63.0 Å². The number of furan rings is 1. The van der Waals surface area contributed by atoms with E-state index in [0.29, 0.717) is 6.04 Å². The van der Waals surface area contributed by atoms with E-state index in [-0.39, 0.29) is 11.1 Å². The van der Waals surface area contributed by atoms with Crippen molar-refractivity contribution in [1.29, 1.82) is 0 Å². The number of likely N-dealkylation sites (tertiary alicyclic amines) is 1. The Morgan fingerprint density at radius 2 is 1.97 bits per heavy atom. The summed E-state index contributed by atoms with van der Waals surface area (Å²) >= 11 is 0. The standard InChI is InChI=1S/C22H32N6O/c1-16-24-26-28(25-16)22-12-17-9-18(13-22)11-21(10-17,15-22)23-19-4-6-27(7-5-19)14-20-3-2-8-29-20/h2-3,8,17-19,23H,4-7,9-15H2,1H3. The minimum absolute atomic E-state index is 0.0956. The summed E-state index contributed by atoms with van der Waals surface area (Å²) < 4.78 is 5.53. The van der Waals surface area contributed by atoms with Crippen molar-refractivity contribution < 1.29 is 4.42 Å². The second-order valence-corrected chi connectivity index (χ2v) is 10.4. The summed E-state index contributed by atoms with van der Waals surface area (Å²) in [5.41, 5.74) is 0.373. The molecule has 7 rings (SSSR count). The maximum Gasteiger partial charge on any atom is 0.171 e. The third-order valence-electron chi connectivity index (χ3n) is 8.03. The lowest BCUT2D eigenvalue weighted by Gasteiger charge is -2.62. The normalized spacial score (nSPS) is 37.4. The minimum Gasteiger partial charge on any atom is -0.468 e. The minimum atomic E-state index is 0.0956. The van der Waals surface area contributed by atoms with Gasteiger partial charge >= 0.3 is 0 Å². The molecule has 1 N–H and O–H groups in total. The Bertz CT molecular complexity index is 839. The molecule has 5 aliphatic rings. The first-order valence-electron chi connectivity index (χ1n) is 11.4. The summed E-state index contributed by atoms with van der Waals surface area (Å²) in [4.78, 5) is 4.53. The predicted molar refractivity (Wildman–Crippen MR) is 108 cm³/mol. The molecule has 2 aromatic rings. The molecule has 4 saturated carbocycles. The Morgan fingerprint density at radius 3 is 2.62 bits per heavy atom. The molecule has 5 fully saturated rings. The van der Waals surface area contributed by atoms with Gasteiger partial charge in [0.05, 0.1) is 18.3 Å². The molecular formula is C22H32N6O. The van der Waals surface area contributed by atoms with Gasteiger partial charge < -0.3 is 9.73 Å². The zero-order chi connectivity index (χ0) is 19.5. The van der Waals surface area contributed by atoms with Crippen molar-refractivity contribution in [3.8, 4) is 0 Å². The highest BCUT2D eigenvalue weighted by Gasteiger charge is 2.60. The molecule has 3 heterocycles. The molecule has 4 aliphatic carbocycles. The highest BCUT2D eigenvalue weighted by molar-refractivity contribution is 5.14. The van der Waals surface area contributed by atoms with Gasteiger partial charge in [0.2, 0.25) is 0 Å². The Labute approximate surface area is 172 Å². The fourth-order valence-corrected chi connectivity index (χ4v) is 7.39. The van der Waals surface area contributed by atoms with Crippen molar-refractivity contribution in [1.82, 2.24) is 30.4 Å². The molecule has 0 spiro atoms. The van der Waals surface area contributed by atoms with E-state index in [2.05, 4.69) is 31.7 Å². The largest absolute Gasteiger partial charge is 0.468 e. The van der Waals surface area contributed by atoms with E-state index in [9.17, 15) is 0 Å². The molecule has 0 aromatic carbocycles. The number of rotatable bonds is 5. The van der Waals surface area contributed by atoms with Crippen LogP contribution in [0, 0.1) is 18.8 Å². The summed E-state index contributed by atoms with van der Waals surface area (Å²) in [7, 11) is 0. The molecule has 7 nitrogen and oxygen atoms in total. The number of tetrazole rings is 1. The molecule has 2 atom stereocenters. The van der Waals surface area contributed by atoms with Gasteiger partial charge in [-0.1, -0.05) is 0 Å². The molecule has 0 amide bonds. The van der Waals surface area contributed by atoms with Crippen molar-refractivity contribution in [2.45, 2.75) is 82.0 Å². The second kappa shape index (κ2) is 6.64. The fourth-order valence-electron chi connectivity index (χ4n) is 7.39. The predicted octanol–water partition coefficient (Wildman–Crippen LogP) is 2.88. The van der Waals surface area contributed by atoms with Crippen molar-refractivity contribution >= 4 is 0 Å². The number of hydrogen-bond donors (Lipinski definition) is 1. The Kier molecular flexibility index (Phi) is 4.14. The third-order valence-corrected chi connectivity index (χ3v) is 8.03. The maximum absolute atomic E-state index is 5.53. The summed E-state index contributed by atoms with van der Waals surface area (Å²) in [6.07, 6.45) is 12.0. The number of hydrogen-bond acceptors (Lipinski definition) is 6. The first kappa shape index (κ1) is 18.1. The average Bonchev–Trinajstić information content (AvgIpc) is 3.34. The summed E-state index contributed by atoms with van der Waals surface area (Å²) in [5.74, 6) is 3.50. The van der Waals surface area contributed by atoms with Crippen LogP contribution in [0.5, 0.6) is 0 Å². The van der Waals surface area contributed by atoms with Crippen molar-refractivity contribution in [2.75, 3.05) is 13.1 Å². The van der Waals surface area contributed by atoms with Crippen LogP contribution in [0.15, 0.2) is 22.8 Å². The quantitative estimate of drug-likeness (QED) is 0.838. The first-order valence-corrected chi connectivity index (χ1v) is 11.4. The van der Waals surface area contributed by atoms with Gasteiger partial charge in [-0.15, -0.1) is 10.2 Å². The van der Waals surface area contributed by atoms with Gasteiger partial charge in [0.15, 0.2) is 5.82 Å². The van der Waals surface area contributed by atoms with Crippen molar-refractivity contribution in [2.24, 2.45) is 11.8 Å². The SMILES string of the molecule is Cc1nnn(C23CC4CC(CC(NC5CCN(Cc6ccco6)CC5)(C4)C2)C3)n1. The van der Waals surface area contributed by atoms with E-state index in [1.165, 1.54) is 51.4 Å². The van der Waals surface area contributed by atoms with Gasteiger partial charge in [0.25, 0.3) is 0 Å². The summed E-state index contributed by atoms with van der Waals surface area (Å²) in [5, 5.41) is 17.5. The van der Waals surface area contributed by atoms with Crippen LogP contribution in [-0.4, -0.2) is 49.8 Å². The zero-order valence-electron chi connectivity index (χ0n) is 17.4. The van der Waals surface area contributed by atoms with Crippen LogP contribution in [0.3, 0.4) is 0 Å². The molecule has 0 radical (unpaired) electrons. The van der Waals surface area contributed by atoms with Gasteiger partial charge in [0, 0.05) is 24.7 Å². The lowest BCUT2D eigenvalue weighted by atomic mass is 9.50. The third kappa shape index (κ3) is 3.22. The maximum atomic E-state index is 5.53.